The largest absolute Gasteiger partial charge is 0.355 e. The molecule has 0 unspecified atom stereocenters. The van der Waals surface area contributed by atoms with E-state index in [0.29, 0.717) is 24.6 Å². The first-order valence-electron chi connectivity index (χ1n) is 7.79. The minimum atomic E-state index is -2.93. The molecule has 124 valence electrons. The molecule has 1 aliphatic heterocycles. The van der Waals surface area contributed by atoms with E-state index in [0.717, 1.165) is 25.9 Å². The van der Waals surface area contributed by atoms with Crippen molar-refractivity contribution in [1.29, 1.82) is 0 Å². The second kappa shape index (κ2) is 8.58. The summed E-state index contributed by atoms with van der Waals surface area (Å²) in [5, 5.41) is 6.47. The number of nitrogens with zero attached hydrogens (tertiary/aromatic N) is 2. The average molecular weight is 318 g/mol. The van der Waals surface area contributed by atoms with E-state index in [9.17, 15) is 8.42 Å². The van der Waals surface area contributed by atoms with Gasteiger partial charge in [0.15, 0.2) is 15.8 Å². The van der Waals surface area contributed by atoms with Gasteiger partial charge in [-0.25, -0.2) is 8.42 Å². The number of sulfone groups is 1. The SMILES string of the molecule is CCS(=O)(=O)CCNC(=NC)NC1CCN(C(C)C)CC1. The van der Waals surface area contributed by atoms with E-state index >= 15 is 0 Å². The molecule has 0 aliphatic carbocycles. The first kappa shape index (κ1) is 18.2. The molecule has 0 radical (unpaired) electrons. The van der Waals surface area contributed by atoms with Crippen LogP contribution in [0.3, 0.4) is 0 Å². The van der Waals surface area contributed by atoms with Crippen LogP contribution in [0.4, 0.5) is 0 Å². The highest BCUT2D eigenvalue weighted by atomic mass is 32.2. The molecule has 0 bridgehead atoms. The molecule has 6 nitrogen and oxygen atoms in total. The fraction of sp³-hybridized carbons (Fsp3) is 0.929. The van der Waals surface area contributed by atoms with Gasteiger partial charge in [-0.2, -0.15) is 0 Å². The zero-order valence-corrected chi connectivity index (χ0v) is 14.5. The highest BCUT2D eigenvalue weighted by molar-refractivity contribution is 7.91. The number of nitrogens with one attached hydrogen (secondary N) is 2. The summed E-state index contributed by atoms with van der Waals surface area (Å²) in [5.74, 6) is 1.04. The summed E-state index contributed by atoms with van der Waals surface area (Å²) in [6, 6.07) is 1.01. The lowest BCUT2D eigenvalue weighted by molar-refractivity contribution is 0.167. The fourth-order valence-corrected chi connectivity index (χ4v) is 3.12. The molecule has 7 heteroatoms. The van der Waals surface area contributed by atoms with Crippen LogP contribution in [-0.2, 0) is 9.84 Å². The molecule has 1 saturated heterocycles. The summed E-state index contributed by atoms with van der Waals surface area (Å²) < 4.78 is 22.9. The van der Waals surface area contributed by atoms with E-state index in [4.69, 9.17) is 0 Å². The van der Waals surface area contributed by atoms with Crippen molar-refractivity contribution in [2.24, 2.45) is 4.99 Å². The highest BCUT2D eigenvalue weighted by Gasteiger charge is 2.21. The van der Waals surface area contributed by atoms with Gasteiger partial charge in [-0.05, 0) is 26.7 Å². The van der Waals surface area contributed by atoms with Crippen molar-refractivity contribution in [1.82, 2.24) is 15.5 Å². The molecule has 0 aromatic heterocycles. The molecule has 0 atom stereocenters. The van der Waals surface area contributed by atoms with Crippen molar-refractivity contribution in [2.75, 3.05) is 38.2 Å². The maximum absolute atomic E-state index is 11.5. The van der Waals surface area contributed by atoms with Gasteiger partial charge in [0.25, 0.3) is 0 Å². The molecular formula is C14H30N4O2S. The Balaban J connectivity index is 2.32. The van der Waals surface area contributed by atoms with Crippen LogP contribution >= 0.6 is 0 Å². The number of piperidine rings is 1. The van der Waals surface area contributed by atoms with E-state index in [-0.39, 0.29) is 11.5 Å². The molecule has 0 aromatic carbocycles. The summed E-state index contributed by atoms with van der Waals surface area (Å²) in [6.07, 6.45) is 2.18. The van der Waals surface area contributed by atoms with Gasteiger partial charge in [0.2, 0.25) is 0 Å². The van der Waals surface area contributed by atoms with Gasteiger partial charge in [-0.1, -0.05) is 6.92 Å². The van der Waals surface area contributed by atoms with E-state index in [1.54, 1.807) is 14.0 Å². The zero-order chi connectivity index (χ0) is 15.9. The number of hydrogen-bond donors (Lipinski definition) is 2. The van der Waals surface area contributed by atoms with E-state index in [1.165, 1.54) is 0 Å². The molecule has 1 rings (SSSR count). The third-order valence-corrected chi connectivity index (χ3v) is 5.68. The van der Waals surface area contributed by atoms with Gasteiger partial charge in [-0.3, -0.25) is 4.99 Å². The van der Waals surface area contributed by atoms with Crippen molar-refractivity contribution in [3.63, 3.8) is 0 Å². The summed E-state index contributed by atoms with van der Waals surface area (Å²) in [7, 11) is -1.21. The van der Waals surface area contributed by atoms with Crippen molar-refractivity contribution in [3.8, 4) is 0 Å². The van der Waals surface area contributed by atoms with Gasteiger partial charge >= 0.3 is 0 Å². The minimum Gasteiger partial charge on any atom is -0.355 e. The topological polar surface area (TPSA) is 73.8 Å². The lowest BCUT2D eigenvalue weighted by Gasteiger charge is -2.35. The number of rotatable bonds is 6. The monoisotopic (exact) mass is 318 g/mol. The van der Waals surface area contributed by atoms with Crippen LogP contribution in [0.15, 0.2) is 4.99 Å². The van der Waals surface area contributed by atoms with Crippen molar-refractivity contribution in [2.45, 2.75) is 45.7 Å². The Bertz CT molecular complexity index is 426. The first-order chi connectivity index (χ1) is 9.88. The Kier molecular flexibility index (Phi) is 7.45. The Morgan fingerprint density at radius 2 is 1.95 bits per heavy atom. The summed E-state index contributed by atoms with van der Waals surface area (Å²) in [5.41, 5.74) is 0. The predicted molar refractivity (Wildman–Crippen MR) is 88.6 cm³/mol. The molecule has 21 heavy (non-hydrogen) atoms. The smallest absolute Gasteiger partial charge is 0.191 e. The first-order valence-corrected chi connectivity index (χ1v) is 9.61. The van der Waals surface area contributed by atoms with Crippen LogP contribution in [0.5, 0.6) is 0 Å². The standard InChI is InChI=1S/C14H30N4O2S/c1-5-21(19,20)11-8-16-14(15-4)17-13-6-9-18(10-7-13)12(2)3/h12-13H,5-11H2,1-4H3,(H2,15,16,17). The molecule has 0 saturated carbocycles. The van der Waals surface area contributed by atoms with Gasteiger partial charge in [0.05, 0.1) is 5.75 Å². The molecule has 1 heterocycles. The summed E-state index contributed by atoms with van der Waals surface area (Å²) in [4.78, 5) is 6.64. The quantitative estimate of drug-likeness (QED) is 0.550. The second-order valence-corrected chi connectivity index (χ2v) is 8.26. The van der Waals surface area contributed by atoms with E-state index in [1.807, 2.05) is 0 Å². The van der Waals surface area contributed by atoms with Crippen LogP contribution in [0.25, 0.3) is 0 Å². The van der Waals surface area contributed by atoms with Crippen LogP contribution in [0, 0.1) is 0 Å². The van der Waals surface area contributed by atoms with Gasteiger partial charge < -0.3 is 15.5 Å². The third kappa shape index (κ3) is 6.65. The Morgan fingerprint density at radius 3 is 2.43 bits per heavy atom. The molecule has 0 amide bonds. The van der Waals surface area contributed by atoms with Gasteiger partial charge in [0.1, 0.15) is 0 Å². The minimum absolute atomic E-state index is 0.149. The van der Waals surface area contributed by atoms with Crippen LogP contribution in [0.2, 0.25) is 0 Å². The molecule has 2 N–H and O–H groups in total. The molecular weight excluding hydrogens is 288 g/mol. The Morgan fingerprint density at radius 1 is 1.33 bits per heavy atom. The maximum Gasteiger partial charge on any atom is 0.191 e. The van der Waals surface area contributed by atoms with Crippen molar-refractivity contribution >= 4 is 15.8 Å². The van der Waals surface area contributed by atoms with Crippen LogP contribution < -0.4 is 10.6 Å². The number of aliphatic imine (C=N–C) groups is 1. The van der Waals surface area contributed by atoms with E-state index in [2.05, 4.69) is 34.4 Å². The molecule has 1 aliphatic rings. The van der Waals surface area contributed by atoms with Gasteiger partial charge in [-0.15, -0.1) is 0 Å². The van der Waals surface area contributed by atoms with Crippen LogP contribution in [-0.4, -0.2) is 69.5 Å². The van der Waals surface area contributed by atoms with Gasteiger partial charge in [0, 0.05) is 44.5 Å². The number of likely N-dealkylation sites (tertiary alicyclic amines) is 1. The Hall–Kier alpha value is -0.820. The van der Waals surface area contributed by atoms with Crippen molar-refractivity contribution < 1.29 is 8.42 Å². The zero-order valence-electron chi connectivity index (χ0n) is 13.7. The second-order valence-electron chi connectivity index (χ2n) is 5.78. The van der Waals surface area contributed by atoms with Crippen molar-refractivity contribution in [3.05, 3.63) is 0 Å². The molecule has 1 fully saturated rings. The normalized spacial score (nSPS) is 19.0. The number of guanidine groups is 1. The Labute approximate surface area is 129 Å². The van der Waals surface area contributed by atoms with Crippen LogP contribution in [0.1, 0.15) is 33.6 Å². The summed E-state index contributed by atoms with van der Waals surface area (Å²) >= 11 is 0. The number of hydrogen-bond acceptors (Lipinski definition) is 4. The highest BCUT2D eigenvalue weighted by Crippen LogP contribution is 2.12. The summed E-state index contributed by atoms with van der Waals surface area (Å²) in [6.45, 7) is 8.71. The molecule has 0 spiro atoms. The maximum atomic E-state index is 11.5. The lowest BCUT2D eigenvalue weighted by Crippen LogP contribution is -2.50. The molecule has 0 aromatic rings. The fourth-order valence-electron chi connectivity index (χ4n) is 2.42. The average Bonchev–Trinajstić information content (AvgIpc) is 2.46. The predicted octanol–water partition coefficient (Wildman–Crippen LogP) is 0.459. The lowest BCUT2D eigenvalue weighted by atomic mass is 10.0. The van der Waals surface area contributed by atoms with E-state index < -0.39 is 9.84 Å². The third-order valence-electron chi connectivity index (χ3n) is 3.97.